The zero-order valence-electron chi connectivity index (χ0n) is 16.9. The predicted molar refractivity (Wildman–Crippen MR) is 111 cm³/mol. The number of anilines is 1. The number of benzene rings is 1. The van der Waals surface area contributed by atoms with Gasteiger partial charge in [-0.1, -0.05) is 31.7 Å². The van der Waals surface area contributed by atoms with Crippen molar-refractivity contribution in [2.45, 2.75) is 62.4 Å². The SMILES string of the molecule is O=C(CCC1CCCC1)N1CCC2(CC1)SCC(=O)N2c1cccc(C(F)(F)F)c1. The number of rotatable bonds is 4. The molecular weight excluding hydrogens is 413 g/mol. The third-order valence-electron chi connectivity index (χ3n) is 6.69. The van der Waals surface area contributed by atoms with Gasteiger partial charge in [-0.2, -0.15) is 13.2 Å². The van der Waals surface area contributed by atoms with Crippen molar-refractivity contribution in [1.82, 2.24) is 4.90 Å². The first kappa shape index (κ1) is 21.5. The predicted octanol–water partition coefficient (Wildman–Crippen LogP) is 5.07. The maximum atomic E-state index is 13.2. The zero-order valence-corrected chi connectivity index (χ0v) is 17.7. The molecular formula is C22H27F3N2O2S. The number of carbonyl (C=O) groups excluding carboxylic acids is 2. The molecule has 164 valence electrons. The molecule has 1 aromatic carbocycles. The second kappa shape index (κ2) is 8.44. The summed E-state index contributed by atoms with van der Waals surface area (Å²) in [4.78, 5) is 28.1. The minimum atomic E-state index is -4.45. The topological polar surface area (TPSA) is 40.6 Å². The average Bonchev–Trinajstić information content (AvgIpc) is 3.35. The molecule has 2 amide bonds. The summed E-state index contributed by atoms with van der Waals surface area (Å²) >= 11 is 1.49. The van der Waals surface area contributed by atoms with Gasteiger partial charge in [-0.25, -0.2) is 0 Å². The maximum Gasteiger partial charge on any atom is 0.416 e. The van der Waals surface area contributed by atoms with Gasteiger partial charge in [-0.3, -0.25) is 14.5 Å². The number of carbonyl (C=O) groups is 2. The number of nitrogens with zero attached hydrogens (tertiary/aromatic N) is 2. The van der Waals surface area contributed by atoms with Crippen molar-refractivity contribution < 1.29 is 22.8 Å². The summed E-state index contributed by atoms with van der Waals surface area (Å²) in [5.74, 6) is 0.924. The van der Waals surface area contributed by atoms with Gasteiger partial charge in [0.15, 0.2) is 0 Å². The van der Waals surface area contributed by atoms with E-state index in [1.54, 1.807) is 11.0 Å². The molecule has 0 bridgehead atoms. The Balaban J connectivity index is 1.43. The highest BCUT2D eigenvalue weighted by atomic mass is 32.2. The van der Waals surface area contributed by atoms with Gasteiger partial charge >= 0.3 is 6.18 Å². The van der Waals surface area contributed by atoms with E-state index >= 15 is 0 Å². The summed E-state index contributed by atoms with van der Waals surface area (Å²) in [5.41, 5.74) is -0.458. The van der Waals surface area contributed by atoms with Gasteiger partial charge in [0.2, 0.25) is 11.8 Å². The molecule has 0 N–H and O–H groups in total. The van der Waals surface area contributed by atoms with E-state index in [1.807, 2.05) is 4.90 Å². The number of hydrogen-bond donors (Lipinski definition) is 0. The Bertz CT molecular complexity index is 800. The zero-order chi connectivity index (χ0) is 21.4. The van der Waals surface area contributed by atoms with E-state index in [0.29, 0.717) is 44.0 Å². The lowest BCUT2D eigenvalue weighted by Gasteiger charge is -2.44. The van der Waals surface area contributed by atoms with Gasteiger partial charge in [-0.05, 0) is 43.4 Å². The van der Waals surface area contributed by atoms with Crippen molar-refractivity contribution in [3.05, 3.63) is 29.8 Å². The molecule has 4 rings (SSSR count). The first-order valence-corrected chi connectivity index (χ1v) is 11.7. The lowest BCUT2D eigenvalue weighted by Crippen LogP contribution is -2.53. The highest BCUT2D eigenvalue weighted by Crippen LogP contribution is 2.47. The summed E-state index contributed by atoms with van der Waals surface area (Å²) < 4.78 is 39.5. The molecule has 1 aliphatic carbocycles. The van der Waals surface area contributed by atoms with E-state index in [4.69, 9.17) is 0 Å². The summed E-state index contributed by atoms with van der Waals surface area (Å²) in [7, 11) is 0. The van der Waals surface area contributed by atoms with Crippen molar-refractivity contribution in [2.24, 2.45) is 5.92 Å². The molecule has 8 heteroatoms. The van der Waals surface area contributed by atoms with Crippen LogP contribution in [0.4, 0.5) is 18.9 Å². The van der Waals surface area contributed by atoms with Gasteiger partial charge in [0.25, 0.3) is 0 Å². The Morgan fingerprint density at radius 1 is 1.17 bits per heavy atom. The number of piperidine rings is 1. The molecule has 0 radical (unpaired) electrons. The molecule has 0 aromatic heterocycles. The normalized spacial score (nSPS) is 22.3. The Kier molecular flexibility index (Phi) is 6.06. The minimum absolute atomic E-state index is 0.164. The monoisotopic (exact) mass is 440 g/mol. The van der Waals surface area contributed by atoms with Crippen molar-refractivity contribution in [3.8, 4) is 0 Å². The quantitative estimate of drug-likeness (QED) is 0.656. The Labute approximate surface area is 179 Å². The molecule has 1 spiro atoms. The van der Waals surface area contributed by atoms with Crippen molar-refractivity contribution >= 4 is 29.3 Å². The minimum Gasteiger partial charge on any atom is -0.342 e. The van der Waals surface area contributed by atoms with Crippen LogP contribution in [0.1, 0.15) is 56.9 Å². The average molecular weight is 441 g/mol. The summed E-state index contributed by atoms with van der Waals surface area (Å²) in [6.07, 6.45) is 3.20. The van der Waals surface area contributed by atoms with Gasteiger partial charge in [0, 0.05) is 25.2 Å². The van der Waals surface area contributed by atoms with Crippen LogP contribution in [0, 0.1) is 5.92 Å². The van der Waals surface area contributed by atoms with Gasteiger partial charge in [0.05, 0.1) is 16.2 Å². The fraction of sp³-hybridized carbons (Fsp3) is 0.636. The van der Waals surface area contributed by atoms with Crippen LogP contribution in [-0.4, -0.2) is 40.4 Å². The van der Waals surface area contributed by atoms with Gasteiger partial charge in [0.1, 0.15) is 0 Å². The second-order valence-corrected chi connectivity index (χ2v) is 9.92. The molecule has 4 nitrogen and oxygen atoms in total. The van der Waals surface area contributed by atoms with E-state index in [-0.39, 0.29) is 17.6 Å². The van der Waals surface area contributed by atoms with Crippen LogP contribution in [0.25, 0.3) is 0 Å². The van der Waals surface area contributed by atoms with Crippen LogP contribution in [0.15, 0.2) is 24.3 Å². The fourth-order valence-corrected chi connectivity index (χ4v) is 6.34. The van der Waals surface area contributed by atoms with E-state index in [0.717, 1.165) is 18.6 Å². The third kappa shape index (κ3) is 4.34. The van der Waals surface area contributed by atoms with Gasteiger partial charge in [-0.15, -0.1) is 11.8 Å². The standard InChI is InChI=1S/C22H27F3N2O2S/c23-22(24,25)17-6-3-7-18(14-17)27-20(29)15-30-21(27)10-12-26(13-11-21)19(28)9-8-16-4-1-2-5-16/h3,6-7,14,16H,1-2,4-5,8-13,15H2. The molecule has 1 saturated carbocycles. The van der Waals surface area contributed by atoms with Crippen molar-refractivity contribution in [1.29, 1.82) is 0 Å². The molecule has 1 aromatic rings. The largest absolute Gasteiger partial charge is 0.416 e. The summed E-state index contributed by atoms with van der Waals surface area (Å²) in [6, 6.07) is 5.00. The fourth-order valence-electron chi connectivity index (χ4n) is 5.01. The molecule has 0 atom stereocenters. The number of hydrogen-bond acceptors (Lipinski definition) is 3. The van der Waals surface area contributed by atoms with E-state index in [2.05, 4.69) is 0 Å². The lowest BCUT2D eigenvalue weighted by molar-refractivity contribution is -0.137. The van der Waals surface area contributed by atoms with E-state index in [9.17, 15) is 22.8 Å². The number of amides is 2. The molecule has 3 fully saturated rings. The molecule has 3 aliphatic rings. The number of halogens is 3. The smallest absolute Gasteiger partial charge is 0.342 e. The second-order valence-electron chi connectivity index (χ2n) is 8.58. The highest BCUT2D eigenvalue weighted by Gasteiger charge is 2.49. The van der Waals surface area contributed by atoms with Crippen LogP contribution in [-0.2, 0) is 15.8 Å². The highest BCUT2D eigenvalue weighted by molar-refractivity contribution is 8.02. The third-order valence-corrected chi connectivity index (χ3v) is 8.21. The maximum absolute atomic E-state index is 13.2. The molecule has 2 heterocycles. The lowest BCUT2D eigenvalue weighted by atomic mass is 9.98. The van der Waals surface area contributed by atoms with Crippen LogP contribution in [0.2, 0.25) is 0 Å². The van der Waals surface area contributed by atoms with E-state index in [1.165, 1.54) is 43.5 Å². The summed E-state index contributed by atoms with van der Waals surface area (Å²) in [5, 5.41) is 0. The van der Waals surface area contributed by atoms with E-state index < -0.39 is 16.6 Å². The van der Waals surface area contributed by atoms with Crippen LogP contribution < -0.4 is 4.90 Å². The molecule has 30 heavy (non-hydrogen) atoms. The van der Waals surface area contributed by atoms with Gasteiger partial charge < -0.3 is 4.90 Å². The Morgan fingerprint density at radius 3 is 2.53 bits per heavy atom. The van der Waals surface area contributed by atoms with Crippen molar-refractivity contribution in [2.75, 3.05) is 23.7 Å². The van der Waals surface area contributed by atoms with Crippen LogP contribution in [0.3, 0.4) is 0 Å². The molecule has 2 aliphatic heterocycles. The first-order chi connectivity index (χ1) is 14.3. The Hall–Kier alpha value is -1.70. The van der Waals surface area contributed by atoms with Crippen LogP contribution in [0.5, 0.6) is 0 Å². The first-order valence-electron chi connectivity index (χ1n) is 10.7. The Morgan fingerprint density at radius 2 is 1.87 bits per heavy atom. The van der Waals surface area contributed by atoms with Crippen LogP contribution >= 0.6 is 11.8 Å². The van der Waals surface area contributed by atoms with Crippen molar-refractivity contribution in [3.63, 3.8) is 0 Å². The molecule has 2 saturated heterocycles. The number of alkyl halides is 3. The molecule has 0 unspecified atom stereocenters. The number of likely N-dealkylation sites (tertiary alicyclic amines) is 1. The summed E-state index contributed by atoms with van der Waals surface area (Å²) in [6.45, 7) is 1.08. The number of thioether (sulfide) groups is 1.